The predicted octanol–water partition coefficient (Wildman–Crippen LogP) is 3.89. The zero-order valence-electron chi connectivity index (χ0n) is 10.9. The van der Waals surface area contributed by atoms with E-state index >= 15 is 0 Å². The average molecular weight is 265 g/mol. The fourth-order valence-corrected chi connectivity index (χ4v) is 2.21. The topological polar surface area (TPSA) is 34.2 Å². The average Bonchev–Trinajstić information content (AvgIpc) is 2.38. The van der Waals surface area contributed by atoms with Gasteiger partial charge in [0.15, 0.2) is 0 Å². The van der Waals surface area contributed by atoms with Crippen molar-refractivity contribution in [2.45, 2.75) is 20.3 Å². The summed E-state index contributed by atoms with van der Waals surface area (Å²) in [4.78, 5) is 4.64. The van der Waals surface area contributed by atoms with Gasteiger partial charge < -0.3 is 10.1 Å². The molecule has 4 heteroatoms. The number of nitrogens with one attached hydrogen (secondary N) is 1. The van der Waals surface area contributed by atoms with Gasteiger partial charge in [0.05, 0.1) is 17.6 Å². The molecular weight excluding hydrogens is 248 g/mol. The van der Waals surface area contributed by atoms with Crippen LogP contribution in [-0.2, 0) is 6.42 Å². The first-order chi connectivity index (χ1) is 8.69. The first-order valence-corrected chi connectivity index (χ1v) is 6.48. The molecule has 0 amide bonds. The smallest absolute Gasteiger partial charge is 0.139 e. The van der Waals surface area contributed by atoms with Crippen LogP contribution in [0, 0.1) is 0 Å². The van der Waals surface area contributed by atoms with Gasteiger partial charge in [0.1, 0.15) is 11.6 Å². The van der Waals surface area contributed by atoms with Gasteiger partial charge in [-0.25, -0.2) is 4.98 Å². The molecule has 0 aliphatic rings. The van der Waals surface area contributed by atoms with Gasteiger partial charge in [-0.3, -0.25) is 0 Å². The molecule has 1 N–H and O–H groups in total. The summed E-state index contributed by atoms with van der Waals surface area (Å²) in [5, 5.41) is 4.94. The van der Waals surface area contributed by atoms with Crippen molar-refractivity contribution in [1.29, 1.82) is 0 Å². The van der Waals surface area contributed by atoms with E-state index in [1.807, 2.05) is 12.1 Å². The van der Waals surface area contributed by atoms with Crippen LogP contribution in [0.1, 0.15) is 19.4 Å². The van der Waals surface area contributed by atoms with Gasteiger partial charge >= 0.3 is 0 Å². The second kappa shape index (κ2) is 5.44. The maximum Gasteiger partial charge on any atom is 0.139 e. The van der Waals surface area contributed by atoms with Crippen LogP contribution < -0.4 is 10.1 Å². The van der Waals surface area contributed by atoms with Crippen molar-refractivity contribution in [3.63, 3.8) is 0 Å². The van der Waals surface area contributed by atoms with Crippen LogP contribution >= 0.6 is 11.6 Å². The minimum absolute atomic E-state index is 0.616. The number of fused-ring (bicyclic) bond motifs is 1. The molecule has 0 spiro atoms. The van der Waals surface area contributed by atoms with Crippen LogP contribution in [0.25, 0.3) is 10.9 Å². The second-order valence-electron chi connectivity index (χ2n) is 4.06. The molecule has 2 rings (SSSR count). The molecule has 0 fully saturated rings. The Morgan fingerprint density at radius 3 is 2.67 bits per heavy atom. The molecule has 1 aromatic heterocycles. The van der Waals surface area contributed by atoms with Gasteiger partial charge in [-0.1, -0.05) is 18.5 Å². The number of anilines is 1. The van der Waals surface area contributed by atoms with Gasteiger partial charge in [0, 0.05) is 18.0 Å². The third kappa shape index (κ3) is 2.36. The highest BCUT2D eigenvalue weighted by Crippen LogP contribution is 2.31. The molecule has 3 nitrogen and oxygen atoms in total. The summed E-state index contributed by atoms with van der Waals surface area (Å²) in [5.41, 5.74) is 2.09. The molecule has 96 valence electrons. The van der Waals surface area contributed by atoms with E-state index in [2.05, 4.69) is 30.2 Å². The van der Waals surface area contributed by atoms with Crippen molar-refractivity contribution in [3.8, 4) is 5.75 Å². The number of benzene rings is 1. The Bertz CT molecular complexity index is 569. The number of hydrogen-bond acceptors (Lipinski definition) is 3. The number of hydrogen-bond donors (Lipinski definition) is 1. The van der Waals surface area contributed by atoms with E-state index < -0.39 is 0 Å². The summed E-state index contributed by atoms with van der Waals surface area (Å²) in [5.74, 6) is 1.60. The standard InChI is InChI=1S/C14H17ClN2O/c1-4-9-6-10-7-11(15)13(18-3)8-12(10)17-14(9)16-5-2/h6-8H,4-5H2,1-3H3,(H,16,17). The quantitative estimate of drug-likeness (QED) is 0.910. The molecule has 0 aliphatic heterocycles. The first kappa shape index (κ1) is 13.0. The maximum atomic E-state index is 6.13. The molecule has 1 aromatic carbocycles. The zero-order chi connectivity index (χ0) is 13.1. The van der Waals surface area contributed by atoms with Gasteiger partial charge in [0.2, 0.25) is 0 Å². The lowest BCUT2D eigenvalue weighted by atomic mass is 10.1. The Balaban J connectivity index is 2.63. The number of aromatic nitrogens is 1. The Kier molecular flexibility index (Phi) is 3.92. The Labute approximate surface area is 112 Å². The summed E-state index contributed by atoms with van der Waals surface area (Å²) < 4.78 is 5.22. The Hall–Kier alpha value is -1.48. The second-order valence-corrected chi connectivity index (χ2v) is 4.47. The molecule has 0 saturated heterocycles. The number of aryl methyl sites for hydroxylation is 1. The van der Waals surface area contributed by atoms with Crippen LogP contribution in [0.5, 0.6) is 5.75 Å². The van der Waals surface area contributed by atoms with Crippen molar-refractivity contribution >= 4 is 28.3 Å². The van der Waals surface area contributed by atoms with Gasteiger partial charge in [-0.15, -0.1) is 0 Å². The van der Waals surface area contributed by atoms with Crippen LogP contribution in [-0.4, -0.2) is 18.6 Å². The fraction of sp³-hybridized carbons (Fsp3) is 0.357. The largest absolute Gasteiger partial charge is 0.495 e. The fourth-order valence-electron chi connectivity index (χ4n) is 1.97. The molecular formula is C14H17ClN2O. The summed E-state index contributed by atoms with van der Waals surface area (Å²) in [6.07, 6.45) is 0.939. The monoisotopic (exact) mass is 264 g/mol. The van der Waals surface area contributed by atoms with E-state index in [0.29, 0.717) is 10.8 Å². The Morgan fingerprint density at radius 2 is 2.06 bits per heavy atom. The molecule has 1 heterocycles. The van der Waals surface area contributed by atoms with Gasteiger partial charge in [-0.2, -0.15) is 0 Å². The van der Waals surface area contributed by atoms with E-state index in [0.717, 1.165) is 29.7 Å². The lowest BCUT2D eigenvalue weighted by molar-refractivity contribution is 0.415. The van der Waals surface area contributed by atoms with Crippen molar-refractivity contribution in [2.24, 2.45) is 0 Å². The summed E-state index contributed by atoms with van der Waals surface area (Å²) in [7, 11) is 1.61. The summed E-state index contributed by atoms with van der Waals surface area (Å²) in [6.45, 7) is 5.04. The number of methoxy groups -OCH3 is 1. The van der Waals surface area contributed by atoms with Crippen LogP contribution in [0.3, 0.4) is 0 Å². The molecule has 0 radical (unpaired) electrons. The number of rotatable bonds is 4. The molecule has 0 atom stereocenters. The third-order valence-corrected chi connectivity index (χ3v) is 3.19. The van der Waals surface area contributed by atoms with E-state index in [1.165, 1.54) is 5.56 Å². The van der Waals surface area contributed by atoms with Gasteiger partial charge in [-0.05, 0) is 31.0 Å². The summed E-state index contributed by atoms with van der Waals surface area (Å²) in [6, 6.07) is 5.90. The molecule has 0 bridgehead atoms. The normalized spacial score (nSPS) is 10.7. The SMILES string of the molecule is CCNc1nc2cc(OC)c(Cl)cc2cc1CC. The number of pyridine rings is 1. The molecule has 2 aromatic rings. The highest BCUT2D eigenvalue weighted by molar-refractivity contribution is 6.32. The number of halogens is 1. The molecule has 0 aliphatic carbocycles. The highest BCUT2D eigenvalue weighted by atomic mass is 35.5. The van der Waals surface area contributed by atoms with E-state index in [4.69, 9.17) is 16.3 Å². The lowest BCUT2D eigenvalue weighted by Gasteiger charge is -2.11. The first-order valence-electron chi connectivity index (χ1n) is 6.10. The van der Waals surface area contributed by atoms with E-state index in [-0.39, 0.29) is 0 Å². The highest BCUT2D eigenvalue weighted by Gasteiger charge is 2.08. The van der Waals surface area contributed by atoms with Crippen LogP contribution in [0.15, 0.2) is 18.2 Å². The van der Waals surface area contributed by atoms with Gasteiger partial charge in [0.25, 0.3) is 0 Å². The zero-order valence-corrected chi connectivity index (χ0v) is 11.6. The number of nitrogens with zero attached hydrogens (tertiary/aromatic N) is 1. The van der Waals surface area contributed by atoms with Crippen molar-refractivity contribution < 1.29 is 4.74 Å². The van der Waals surface area contributed by atoms with E-state index in [9.17, 15) is 0 Å². The van der Waals surface area contributed by atoms with Crippen molar-refractivity contribution in [1.82, 2.24) is 4.98 Å². The number of ether oxygens (including phenoxy) is 1. The Morgan fingerprint density at radius 1 is 1.28 bits per heavy atom. The minimum atomic E-state index is 0.616. The summed E-state index contributed by atoms with van der Waals surface area (Å²) >= 11 is 6.13. The molecule has 0 unspecified atom stereocenters. The van der Waals surface area contributed by atoms with Crippen molar-refractivity contribution in [2.75, 3.05) is 19.0 Å². The maximum absolute atomic E-state index is 6.13. The predicted molar refractivity (Wildman–Crippen MR) is 76.8 cm³/mol. The van der Waals surface area contributed by atoms with Crippen LogP contribution in [0.4, 0.5) is 5.82 Å². The lowest BCUT2D eigenvalue weighted by Crippen LogP contribution is -2.03. The molecule has 0 saturated carbocycles. The van der Waals surface area contributed by atoms with E-state index in [1.54, 1.807) is 7.11 Å². The van der Waals surface area contributed by atoms with Crippen LogP contribution in [0.2, 0.25) is 5.02 Å². The third-order valence-electron chi connectivity index (χ3n) is 2.89. The van der Waals surface area contributed by atoms with Crippen molar-refractivity contribution in [3.05, 3.63) is 28.8 Å². The minimum Gasteiger partial charge on any atom is -0.495 e. The molecule has 18 heavy (non-hydrogen) atoms.